The number of benzene rings is 1. The van der Waals surface area contributed by atoms with E-state index in [1.54, 1.807) is 0 Å². The molecule has 3 aromatic rings. The van der Waals surface area contributed by atoms with E-state index in [9.17, 15) is 4.79 Å². The molecule has 3 heterocycles. The van der Waals surface area contributed by atoms with Crippen molar-refractivity contribution in [3.8, 4) is 0 Å². The molecule has 1 amide bonds. The van der Waals surface area contributed by atoms with E-state index in [0.717, 1.165) is 17.8 Å². The van der Waals surface area contributed by atoms with Crippen LogP contribution in [0.15, 0.2) is 41.8 Å². The monoisotopic (exact) mass is 282 g/mol. The minimum Gasteiger partial charge on any atom is -0.358 e. The topological polar surface area (TPSA) is 36.1 Å². The molecule has 0 spiro atoms. The molecule has 0 aliphatic carbocycles. The molecule has 0 radical (unpaired) electrons. The largest absolute Gasteiger partial charge is 0.358 e. The molecule has 1 N–H and O–H groups in total. The third kappa shape index (κ3) is 1.76. The Morgan fingerprint density at radius 2 is 2.10 bits per heavy atom. The summed E-state index contributed by atoms with van der Waals surface area (Å²) in [7, 11) is 0. The summed E-state index contributed by atoms with van der Waals surface area (Å²) in [4.78, 5) is 18.7. The number of nitrogens with zero attached hydrogens (tertiary/aromatic N) is 1. The maximum absolute atomic E-state index is 12.5. The predicted octanol–water partition coefficient (Wildman–Crippen LogP) is 3.43. The van der Waals surface area contributed by atoms with E-state index in [4.69, 9.17) is 0 Å². The number of fused-ring (bicyclic) bond motifs is 3. The summed E-state index contributed by atoms with van der Waals surface area (Å²) in [5, 5.41) is 3.19. The lowest BCUT2D eigenvalue weighted by Gasteiger charge is -2.26. The second-order valence-electron chi connectivity index (χ2n) is 5.08. The van der Waals surface area contributed by atoms with E-state index in [-0.39, 0.29) is 5.91 Å². The zero-order valence-corrected chi connectivity index (χ0v) is 11.7. The summed E-state index contributed by atoms with van der Waals surface area (Å²) < 4.78 is 0. The first-order chi connectivity index (χ1) is 9.83. The van der Waals surface area contributed by atoms with Crippen LogP contribution in [0.1, 0.15) is 20.9 Å². The van der Waals surface area contributed by atoms with Crippen molar-refractivity contribution in [2.45, 2.75) is 13.0 Å². The number of aromatic nitrogens is 1. The fraction of sp³-hybridized carbons (Fsp3) is 0.188. The smallest absolute Gasteiger partial charge is 0.264 e. The number of thiophene rings is 1. The van der Waals surface area contributed by atoms with Crippen molar-refractivity contribution in [1.82, 2.24) is 9.88 Å². The first-order valence-corrected chi connectivity index (χ1v) is 7.62. The predicted molar refractivity (Wildman–Crippen MR) is 81.1 cm³/mol. The number of amides is 1. The number of nitrogens with one attached hydrogen (secondary N) is 1. The maximum atomic E-state index is 12.5. The van der Waals surface area contributed by atoms with Gasteiger partial charge in [0.1, 0.15) is 0 Å². The van der Waals surface area contributed by atoms with Gasteiger partial charge in [-0.25, -0.2) is 0 Å². The van der Waals surface area contributed by atoms with Gasteiger partial charge < -0.3 is 9.88 Å². The molecule has 0 atom stereocenters. The van der Waals surface area contributed by atoms with E-state index in [1.807, 2.05) is 28.5 Å². The van der Waals surface area contributed by atoms with Gasteiger partial charge in [0, 0.05) is 41.7 Å². The van der Waals surface area contributed by atoms with E-state index >= 15 is 0 Å². The van der Waals surface area contributed by atoms with Crippen LogP contribution >= 0.6 is 11.3 Å². The summed E-state index contributed by atoms with van der Waals surface area (Å²) in [5.74, 6) is 0.149. The van der Waals surface area contributed by atoms with Crippen molar-refractivity contribution in [3.05, 3.63) is 57.9 Å². The van der Waals surface area contributed by atoms with E-state index in [2.05, 4.69) is 23.2 Å². The fourth-order valence-electron chi connectivity index (χ4n) is 2.90. The molecule has 0 unspecified atom stereocenters. The van der Waals surface area contributed by atoms with Gasteiger partial charge in [-0.3, -0.25) is 4.79 Å². The average Bonchev–Trinajstić information content (AvgIpc) is 3.13. The van der Waals surface area contributed by atoms with Crippen molar-refractivity contribution >= 4 is 28.1 Å². The average molecular weight is 282 g/mol. The molecule has 20 heavy (non-hydrogen) atoms. The van der Waals surface area contributed by atoms with Gasteiger partial charge in [-0.05, 0) is 17.5 Å². The van der Waals surface area contributed by atoms with Gasteiger partial charge in [-0.15, -0.1) is 11.3 Å². The molecule has 100 valence electrons. The number of H-pyrrole nitrogens is 1. The van der Waals surface area contributed by atoms with Crippen LogP contribution in [-0.4, -0.2) is 22.3 Å². The molecule has 3 nitrogen and oxygen atoms in total. The summed E-state index contributed by atoms with van der Waals surface area (Å²) in [6.45, 7) is 1.49. The molecule has 4 rings (SSSR count). The summed E-state index contributed by atoms with van der Waals surface area (Å²) >= 11 is 1.51. The van der Waals surface area contributed by atoms with Crippen molar-refractivity contribution in [1.29, 1.82) is 0 Å². The van der Waals surface area contributed by atoms with Crippen LogP contribution in [0.25, 0.3) is 10.9 Å². The molecular formula is C16H14N2OS. The third-order valence-corrected chi connectivity index (χ3v) is 4.76. The second kappa shape index (κ2) is 4.49. The Morgan fingerprint density at radius 3 is 2.95 bits per heavy atom. The summed E-state index contributed by atoms with van der Waals surface area (Å²) in [6.07, 6.45) is 0.904. The Morgan fingerprint density at radius 1 is 1.20 bits per heavy atom. The number of aromatic amines is 1. The standard InChI is InChI=1S/C16H14N2OS/c19-16(15-6-3-9-20-15)18-8-7-14-12(10-18)11-4-1-2-5-13(11)17-14/h1-6,9,17H,7-8,10H2. The third-order valence-electron chi connectivity index (χ3n) is 3.90. The van der Waals surface area contributed by atoms with Crippen LogP contribution in [0.5, 0.6) is 0 Å². The van der Waals surface area contributed by atoms with Crippen molar-refractivity contribution in [2.75, 3.05) is 6.54 Å². The number of rotatable bonds is 1. The lowest BCUT2D eigenvalue weighted by Crippen LogP contribution is -2.35. The highest BCUT2D eigenvalue weighted by Crippen LogP contribution is 2.28. The van der Waals surface area contributed by atoms with E-state index < -0.39 is 0 Å². The highest BCUT2D eigenvalue weighted by atomic mass is 32.1. The Balaban J connectivity index is 1.71. The van der Waals surface area contributed by atoms with Gasteiger partial charge in [-0.1, -0.05) is 24.3 Å². The fourth-order valence-corrected chi connectivity index (χ4v) is 3.59. The zero-order valence-electron chi connectivity index (χ0n) is 10.9. The van der Waals surface area contributed by atoms with Crippen LogP contribution < -0.4 is 0 Å². The van der Waals surface area contributed by atoms with Crippen LogP contribution in [0.4, 0.5) is 0 Å². The van der Waals surface area contributed by atoms with E-state index in [0.29, 0.717) is 6.54 Å². The summed E-state index contributed by atoms with van der Waals surface area (Å²) in [6, 6.07) is 12.1. The van der Waals surface area contributed by atoms with Crippen LogP contribution in [0.2, 0.25) is 0 Å². The number of para-hydroxylation sites is 1. The Hall–Kier alpha value is -2.07. The number of hydrogen-bond acceptors (Lipinski definition) is 2. The lowest BCUT2D eigenvalue weighted by molar-refractivity contribution is 0.0740. The first-order valence-electron chi connectivity index (χ1n) is 6.74. The van der Waals surface area contributed by atoms with E-state index in [1.165, 1.54) is 33.5 Å². The maximum Gasteiger partial charge on any atom is 0.264 e. The number of hydrogen-bond donors (Lipinski definition) is 1. The van der Waals surface area contributed by atoms with Crippen LogP contribution in [-0.2, 0) is 13.0 Å². The van der Waals surface area contributed by atoms with Gasteiger partial charge in [0.15, 0.2) is 0 Å². The highest BCUT2D eigenvalue weighted by Gasteiger charge is 2.24. The molecule has 1 aromatic carbocycles. The Labute approximate surface area is 120 Å². The Bertz CT molecular complexity index is 773. The van der Waals surface area contributed by atoms with Crippen molar-refractivity contribution in [3.63, 3.8) is 0 Å². The Kier molecular flexibility index (Phi) is 2.63. The molecule has 1 aliphatic rings. The lowest BCUT2D eigenvalue weighted by atomic mass is 10.0. The van der Waals surface area contributed by atoms with Gasteiger partial charge >= 0.3 is 0 Å². The van der Waals surface area contributed by atoms with Gasteiger partial charge in [0.05, 0.1) is 4.88 Å². The van der Waals surface area contributed by atoms with Gasteiger partial charge in [0.2, 0.25) is 0 Å². The summed E-state index contributed by atoms with van der Waals surface area (Å²) in [5.41, 5.74) is 3.72. The second-order valence-corrected chi connectivity index (χ2v) is 6.03. The molecule has 0 saturated carbocycles. The SMILES string of the molecule is O=C(c1cccs1)N1CCc2[nH]c3ccccc3c2C1. The van der Waals surface area contributed by atoms with Gasteiger partial charge in [0.25, 0.3) is 5.91 Å². The van der Waals surface area contributed by atoms with Crippen LogP contribution in [0, 0.1) is 0 Å². The highest BCUT2D eigenvalue weighted by molar-refractivity contribution is 7.12. The molecule has 0 fully saturated rings. The van der Waals surface area contributed by atoms with Crippen molar-refractivity contribution in [2.24, 2.45) is 0 Å². The molecular weight excluding hydrogens is 268 g/mol. The number of carbonyl (C=O) groups is 1. The normalized spacial score (nSPS) is 14.5. The molecule has 0 bridgehead atoms. The van der Waals surface area contributed by atoms with Crippen LogP contribution in [0.3, 0.4) is 0 Å². The molecule has 0 saturated heterocycles. The molecule has 1 aliphatic heterocycles. The van der Waals surface area contributed by atoms with Crippen molar-refractivity contribution < 1.29 is 4.79 Å². The first kappa shape index (κ1) is 11.7. The molecule has 2 aromatic heterocycles. The number of carbonyl (C=O) groups excluding carboxylic acids is 1. The van der Waals surface area contributed by atoms with Gasteiger partial charge in [-0.2, -0.15) is 0 Å². The quantitative estimate of drug-likeness (QED) is 0.729. The minimum absolute atomic E-state index is 0.149. The zero-order chi connectivity index (χ0) is 13.5. The minimum atomic E-state index is 0.149. The molecule has 4 heteroatoms.